The first-order valence-electron chi connectivity index (χ1n) is 11.1. The van der Waals surface area contributed by atoms with Gasteiger partial charge in [0, 0.05) is 11.3 Å². The lowest BCUT2D eigenvalue weighted by Gasteiger charge is -2.29. The molecule has 0 saturated carbocycles. The minimum atomic E-state index is -1.17. The molecule has 3 aromatic carbocycles. The molecule has 4 rings (SSSR count). The highest BCUT2D eigenvalue weighted by atomic mass is 32.1. The van der Waals surface area contributed by atoms with Crippen LogP contribution in [0.15, 0.2) is 78.4 Å². The summed E-state index contributed by atoms with van der Waals surface area (Å²) in [6.45, 7) is 1.64. The van der Waals surface area contributed by atoms with Crippen molar-refractivity contribution in [1.82, 2.24) is 5.32 Å². The number of hydrogen-bond acceptors (Lipinski definition) is 6. The molecule has 0 aromatic heterocycles. The Balaban J connectivity index is 1.56. The van der Waals surface area contributed by atoms with E-state index in [2.05, 4.69) is 10.6 Å². The van der Waals surface area contributed by atoms with Crippen molar-refractivity contribution in [2.24, 2.45) is 0 Å². The largest absolute Gasteiger partial charge is 0.483 e. The summed E-state index contributed by atoms with van der Waals surface area (Å²) in [4.78, 5) is 50.7. The van der Waals surface area contributed by atoms with E-state index < -0.39 is 17.8 Å². The molecule has 3 N–H and O–H groups in total. The first-order valence-corrected chi connectivity index (χ1v) is 11.5. The molecule has 3 aromatic rings. The first kappa shape index (κ1) is 25.3. The highest BCUT2D eigenvalue weighted by Crippen LogP contribution is 2.26. The number of amides is 3. The lowest BCUT2D eigenvalue weighted by molar-refractivity contribution is -0.122. The summed E-state index contributed by atoms with van der Waals surface area (Å²) >= 11 is 5.18. The molecule has 9 nitrogen and oxygen atoms in total. The Morgan fingerprint density at radius 1 is 1.05 bits per heavy atom. The fraction of sp³-hybridized carbons (Fsp3) is 0.0741. The third-order valence-corrected chi connectivity index (χ3v) is 5.65. The molecule has 1 saturated heterocycles. The van der Waals surface area contributed by atoms with Crippen LogP contribution in [0.2, 0.25) is 0 Å². The molecule has 1 aliphatic heterocycles. The predicted molar refractivity (Wildman–Crippen MR) is 141 cm³/mol. The van der Waals surface area contributed by atoms with Gasteiger partial charge in [-0.3, -0.25) is 24.6 Å². The Bertz CT molecular complexity index is 1450. The lowest BCUT2D eigenvalue weighted by atomic mass is 10.1. The molecular formula is C27H21N3O6S. The fourth-order valence-corrected chi connectivity index (χ4v) is 3.81. The van der Waals surface area contributed by atoms with Gasteiger partial charge in [0.15, 0.2) is 11.7 Å². The van der Waals surface area contributed by atoms with E-state index in [1.165, 1.54) is 30.3 Å². The molecule has 186 valence electrons. The fourth-order valence-electron chi connectivity index (χ4n) is 3.53. The summed E-state index contributed by atoms with van der Waals surface area (Å²) in [6, 6.07) is 19.6. The third kappa shape index (κ3) is 5.88. The van der Waals surface area contributed by atoms with Crippen LogP contribution < -0.4 is 20.3 Å². The SMILES string of the molecule is Cc1ccc(NC(=O)COc2ccccc2C=C2C(=O)NC(=S)N(c3cccc(C(=O)O)c3)C2=O)cc1. The number of benzene rings is 3. The number of ether oxygens (including phenoxy) is 1. The van der Waals surface area contributed by atoms with Crippen molar-refractivity contribution in [2.45, 2.75) is 6.92 Å². The van der Waals surface area contributed by atoms with Gasteiger partial charge in [0.1, 0.15) is 11.3 Å². The second kappa shape index (κ2) is 10.8. The second-order valence-corrected chi connectivity index (χ2v) is 8.44. The number of nitrogens with one attached hydrogen (secondary N) is 2. The zero-order valence-electron chi connectivity index (χ0n) is 19.6. The normalized spacial score (nSPS) is 14.4. The third-order valence-electron chi connectivity index (χ3n) is 5.37. The van der Waals surface area contributed by atoms with Crippen molar-refractivity contribution in [2.75, 3.05) is 16.8 Å². The van der Waals surface area contributed by atoms with E-state index in [1.807, 2.05) is 19.1 Å². The van der Waals surface area contributed by atoms with Crippen molar-refractivity contribution >= 4 is 58.5 Å². The Hall–Kier alpha value is -4.83. The van der Waals surface area contributed by atoms with E-state index in [-0.39, 0.29) is 40.2 Å². The average molecular weight is 516 g/mol. The van der Waals surface area contributed by atoms with Gasteiger partial charge < -0.3 is 15.2 Å². The number of anilines is 2. The molecule has 0 atom stereocenters. The van der Waals surface area contributed by atoms with Gasteiger partial charge in [0.05, 0.1) is 11.3 Å². The number of hydrogen-bond donors (Lipinski definition) is 3. The zero-order valence-corrected chi connectivity index (χ0v) is 20.4. The van der Waals surface area contributed by atoms with Crippen molar-refractivity contribution < 1.29 is 29.0 Å². The Morgan fingerprint density at radius 3 is 2.51 bits per heavy atom. The number of carboxylic acid groups (broad SMARTS) is 1. The summed E-state index contributed by atoms with van der Waals surface area (Å²) in [5, 5.41) is 14.3. The van der Waals surface area contributed by atoms with Crippen molar-refractivity contribution in [1.29, 1.82) is 0 Å². The van der Waals surface area contributed by atoms with E-state index in [0.29, 0.717) is 11.3 Å². The maximum Gasteiger partial charge on any atom is 0.335 e. The number of carbonyl (C=O) groups is 4. The van der Waals surface area contributed by atoms with Gasteiger partial charge in [0.25, 0.3) is 17.7 Å². The number of aromatic carboxylic acids is 1. The van der Waals surface area contributed by atoms with Gasteiger partial charge in [-0.2, -0.15) is 0 Å². The van der Waals surface area contributed by atoms with Crippen LogP contribution >= 0.6 is 12.2 Å². The highest BCUT2D eigenvalue weighted by molar-refractivity contribution is 7.80. The lowest BCUT2D eigenvalue weighted by Crippen LogP contribution is -2.54. The van der Waals surface area contributed by atoms with Crippen LogP contribution in [-0.4, -0.2) is 40.5 Å². The van der Waals surface area contributed by atoms with Crippen LogP contribution in [0, 0.1) is 6.92 Å². The summed E-state index contributed by atoms with van der Waals surface area (Å²) < 4.78 is 5.68. The molecule has 0 unspecified atom stereocenters. The van der Waals surface area contributed by atoms with E-state index in [0.717, 1.165) is 10.5 Å². The van der Waals surface area contributed by atoms with Gasteiger partial charge in [-0.05, 0) is 61.6 Å². The molecule has 1 heterocycles. The topological polar surface area (TPSA) is 125 Å². The summed E-state index contributed by atoms with van der Waals surface area (Å²) in [7, 11) is 0. The number of para-hydroxylation sites is 1. The van der Waals surface area contributed by atoms with E-state index in [9.17, 15) is 24.3 Å². The molecule has 10 heteroatoms. The van der Waals surface area contributed by atoms with Gasteiger partial charge >= 0.3 is 5.97 Å². The number of nitrogens with zero attached hydrogens (tertiary/aromatic N) is 1. The van der Waals surface area contributed by atoms with E-state index in [4.69, 9.17) is 17.0 Å². The van der Waals surface area contributed by atoms with E-state index >= 15 is 0 Å². The van der Waals surface area contributed by atoms with E-state index in [1.54, 1.807) is 36.4 Å². The number of thiocarbonyl (C=S) groups is 1. The van der Waals surface area contributed by atoms with Crippen molar-refractivity contribution in [3.8, 4) is 5.75 Å². The smallest absolute Gasteiger partial charge is 0.335 e. The van der Waals surface area contributed by atoms with Crippen LogP contribution in [0.5, 0.6) is 5.75 Å². The van der Waals surface area contributed by atoms with Crippen LogP contribution in [0.25, 0.3) is 6.08 Å². The monoisotopic (exact) mass is 515 g/mol. The van der Waals surface area contributed by atoms with Gasteiger partial charge in [0.2, 0.25) is 0 Å². The van der Waals surface area contributed by atoms with Crippen LogP contribution in [-0.2, 0) is 14.4 Å². The standard InChI is InChI=1S/C27H21N3O6S/c1-16-9-11-19(12-10-16)28-23(31)15-36-22-8-3-2-5-17(22)14-21-24(32)29-27(37)30(25(21)33)20-7-4-6-18(13-20)26(34)35/h2-14H,15H2,1H3,(H,28,31)(H,34,35)(H,29,32,37). The molecule has 0 aliphatic carbocycles. The van der Waals surface area contributed by atoms with Gasteiger partial charge in [-0.25, -0.2) is 4.79 Å². The number of carboxylic acids is 1. The molecule has 0 bridgehead atoms. The number of carbonyl (C=O) groups excluding carboxylic acids is 3. The molecular weight excluding hydrogens is 494 g/mol. The zero-order chi connectivity index (χ0) is 26.5. The Morgan fingerprint density at radius 2 is 1.78 bits per heavy atom. The average Bonchev–Trinajstić information content (AvgIpc) is 2.87. The maximum atomic E-state index is 13.3. The second-order valence-electron chi connectivity index (χ2n) is 8.05. The Labute approximate surface area is 217 Å². The van der Waals surface area contributed by atoms with Crippen LogP contribution in [0.4, 0.5) is 11.4 Å². The minimum Gasteiger partial charge on any atom is -0.483 e. The molecule has 0 radical (unpaired) electrons. The molecule has 1 fully saturated rings. The molecule has 0 spiro atoms. The first-order chi connectivity index (χ1) is 17.7. The number of rotatable bonds is 7. The van der Waals surface area contributed by atoms with Gasteiger partial charge in [-0.15, -0.1) is 0 Å². The van der Waals surface area contributed by atoms with Crippen LogP contribution in [0.1, 0.15) is 21.5 Å². The summed E-state index contributed by atoms with van der Waals surface area (Å²) in [5.41, 5.74) is 1.98. The van der Waals surface area contributed by atoms with Gasteiger partial charge in [-0.1, -0.05) is 42.0 Å². The number of aryl methyl sites for hydroxylation is 1. The minimum absolute atomic E-state index is 0.0433. The summed E-state index contributed by atoms with van der Waals surface area (Å²) in [5.74, 6) is -2.72. The van der Waals surface area contributed by atoms with Crippen molar-refractivity contribution in [3.05, 3.63) is 95.1 Å². The predicted octanol–water partition coefficient (Wildman–Crippen LogP) is 3.54. The maximum absolute atomic E-state index is 13.3. The molecule has 1 aliphatic rings. The Kier molecular flexibility index (Phi) is 7.40. The molecule has 3 amide bonds. The van der Waals surface area contributed by atoms with Crippen molar-refractivity contribution in [3.63, 3.8) is 0 Å². The summed E-state index contributed by atoms with van der Waals surface area (Å²) in [6.07, 6.45) is 1.33. The van der Waals surface area contributed by atoms with Crippen LogP contribution in [0.3, 0.4) is 0 Å². The highest BCUT2D eigenvalue weighted by Gasteiger charge is 2.35. The quantitative estimate of drug-likeness (QED) is 0.250. The molecule has 37 heavy (non-hydrogen) atoms.